The molecule has 1 aromatic carbocycles. The highest BCUT2D eigenvalue weighted by Gasteiger charge is 2.10. The molecule has 5 nitrogen and oxygen atoms in total. The van der Waals surface area contributed by atoms with Gasteiger partial charge in [-0.1, -0.05) is 25.0 Å². The van der Waals surface area contributed by atoms with Gasteiger partial charge in [0, 0.05) is 19.4 Å². The fraction of sp³-hybridized carbons (Fsp3) is 0.600. The molecule has 1 rings (SSSR count). The zero-order valence-electron chi connectivity index (χ0n) is 12.5. The summed E-state index contributed by atoms with van der Waals surface area (Å²) in [5.74, 6) is 0. The van der Waals surface area contributed by atoms with Crippen LogP contribution >= 0.6 is 0 Å². The van der Waals surface area contributed by atoms with E-state index >= 15 is 0 Å². The molecule has 0 aromatic heterocycles. The van der Waals surface area contributed by atoms with Crippen LogP contribution in [0.5, 0.6) is 0 Å². The Hall–Kier alpha value is -0.950. The SMILES string of the molecule is CS(=O)(=O)c1ccc(C(O)CNCCCCCCO)cc1. The summed E-state index contributed by atoms with van der Waals surface area (Å²) in [6.07, 6.45) is 4.46. The van der Waals surface area contributed by atoms with E-state index in [0.29, 0.717) is 12.1 Å². The van der Waals surface area contributed by atoms with Crippen LogP contribution in [0.4, 0.5) is 0 Å². The number of benzene rings is 1. The summed E-state index contributed by atoms with van der Waals surface area (Å²) in [5, 5.41) is 21.8. The van der Waals surface area contributed by atoms with E-state index in [0.717, 1.165) is 38.5 Å². The molecule has 0 bridgehead atoms. The Balaban J connectivity index is 2.31. The largest absolute Gasteiger partial charge is 0.396 e. The van der Waals surface area contributed by atoms with Crippen molar-refractivity contribution in [1.29, 1.82) is 0 Å². The number of sulfone groups is 1. The molecule has 0 aliphatic heterocycles. The van der Waals surface area contributed by atoms with Gasteiger partial charge in [0.15, 0.2) is 9.84 Å². The maximum absolute atomic E-state index is 11.3. The zero-order valence-corrected chi connectivity index (χ0v) is 13.3. The minimum Gasteiger partial charge on any atom is -0.396 e. The van der Waals surface area contributed by atoms with Crippen molar-refractivity contribution < 1.29 is 18.6 Å². The van der Waals surface area contributed by atoms with Gasteiger partial charge in [0.2, 0.25) is 0 Å². The Bertz CT molecular complexity index is 499. The molecule has 120 valence electrons. The first kappa shape index (κ1) is 18.1. The van der Waals surface area contributed by atoms with Crippen LogP contribution in [0.25, 0.3) is 0 Å². The summed E-state index contributed by atoms with van der Waals surface area (Å²) in [7, 11) is -3.19. The summed E-state index contributed by atoms with van der Waals surface area (Å²) in [4.78, 5) is 0.260. The lowest BCUT2D eigenvalue weighted by Gasteiger charge is -2.12. The fourth-order valence-corrected chi connectivity index (χ4v) is 2.64. The van der Waals surface area contributed by atoms with Crippen molar-refractivity contribution in [1.82, 2.24) is 5.32 Å². The molecule has 1 atom stereocenters. The Morgan fingerprint density at radius 3 is 2.29 bits per heavy atom. The van der Waals surface area contributed by atoms with E-state index in [1.165, 1.54) is 12.1 Å². The van der Waals surface area contributed by atoms with Crippen LogP contribution < -0.4 is 5.32 Å². The van der Waals surface area contributed by atoms with Crippen LogP contribution in [0.15, 0.2) is 29.2 Å². The van der Waals surface area contributed by atoms with Crippen molar-refractivity contribution in [3.63, 3.8) is 0 Å². The van der Waals surface area contributed by atoms with E-state index in [-0.39, 0.29) is 11.5 Å². The Labute approximate surface area is 126 Å². The third kappa shape index (κ3) is 7.04. The highest BCUT2D eigenvalue weighted by Crippen LogP contribution is 2.16. The van der Waals surface area contributed by atoms with E-state index in [1.54, 1.807) is 12.1 Å². The summed E-state index contributed by atoms with van der Waals surface area (Å²) in [5.41, 5.74) is 0.704. The monoisotopic (exact) mass is 315 g/mol. The van der Waals surface area contributed by atoms with E-state index in [4.69, 9.17) is 5.11 Å². The van der Waals surface area contributed by atoms with E-state index in [1.807, 2.05) is 0 Å². The van der Waals surface area contributed by atoms with Gasteiger partial charge in [0.1, 0.15) is 0 Å². The molecular formula is C15H25NO4S. The molecule has 3 N–H and O–H groups in total. The molecule has 0 radical (unpaired) electrons. The van der Waals surface area contributed by atoms with Gasteiger partial charge in [-0.2, -0.15) is 0 Å². The highest BCUT2D eigenvalue weighted by atomic mass is 32.2. The molecule has 0 aliphatic rings. The quantitative estimate of drug-likeness (QED) is 0.566. The molecule has 1 unspecified atom stereocenters. The van der Waals surface area contributed by atoms with Crippen molar-refractivity contribution in [3.05, 3.63) is 29.8 Å². The minimum absolute atomic E-state index is 0.246. The molecule has 0 saturated carbocycles. The van der Waals surface area contributed by atoms with Gasteiger partial charge < -0.3 is 15.5 Å². The van der Waals surface area contributed by atoms with Crippen molar-refractivity contribution in [2.45, 2.75) is 36.7 Å². The number of nitrogens with one attached hydrogen (secondary N) is 1. The van der Waals surface area contributed by atoms with Gasteiger partial charge in [0.25, 0.3) is 0 Å². The Morgan fingerprint density at radius 1 is 1.10 bits per heavy atom. The van der Waals surface area contributed by atoms with Crippen molar-refractivity contribution in [2.75, 3.05) is 26.0 Å². The number of unbranched alkanes of at least 4 members (excludes halogenated alkanes) is 3. The van der Waals surface area contributed by atoms with Crippen LogP contribution in [-0.2, 0) is 9.84 Å². The minimum atomic E-state index is -3.19. The number of rotatable bonds is 10. The molecule has 0 amide bonds. The van der Waals surface area contributed by atoms with Gasteiger partial charge in [-0.25, -0.2) is 8.42 Å². The second-order valence-corrected chi connectivity index (χ2v) is 7.21. The van der Waals surface area contributed by atoms with Crippen LogP contribution in [0.1, 0.15) is 37.4 Å². The van der Waals surface area contributed by atoms with Crippen LogP contribution in [0, 0.1) is 0 Å². The lowest BCUT2D eigenvalue weighted by atomic mass is 10.1. The van der Waals surface area contributed by atoms with Crippen molar-refractivity contribution in [2.24, 2.45) is 0 Å². The van der Waals surface area contributed by atoms with E-state index in [2.05, 4.69) is 5.32 Å². The summed E-state index contributed by atoms with van der Waals surface area (Å²) in [6.45, 7) is 1.51. The van der Waals surface area contributed by atoms with E-state index in [9.17, 15) is 13.5 Å². The van der Waals surface area contributed by atoms with Crippen LogP contribution in [0.3, 0.4) is 0 Å². The third-order valence-corrected chi connectivity index (χ3v) is 4.42. The second kappa shape index (κ2) is 9.15. The maximum atomic E-state index is 11.3. The Morgan fingerprint density at radius 2 is 1.71 bits per heavy atom. The van der Waals surface area contributed by atoms with Crippen LogP contribution in [-0.4, -0.2) is 44.6 Å². The number of hydrogen-bond acceptors (Lipinski definition) is 5. The standard InChI is InChI=1S/C15H25NO4S/c1-21(19,20)14-8-6-13(7-9-14)15(18)12-16-10-4-2-3-5-11-17/h6-9,15-18H,2-5,10-12H2,1H3. The summed E-state index contributed by atoms with van der Waals surface area (Å²) >= 11 is 0. The summed E-state index contributed by atoms with van der Waals surface area (Å²) in [6, 6.07) is 6.32. The van der Waals surface area contributed by atoms with Crippen molar-refractivity contribution >= 4 is 9.84 Å². The molecule has 6 heteroatoms. The summed E-state index contributed by atoms with van der Waals surface area (Å²) < 4.78 is 22.7. The predicted molar refractivity (Wildman–Crippen MR) is 82.9 cm³/mol. The first-order valence-corrected chi connectivity index (χ1v) is 9.14. The number of hydrogen-bond donors (Lipinski definition) is 3. The van der Waals surface area contributed by atoms with Crippen molar-refractivity contribution in [3.8, 4) is 0 Å². The highest BCUT2D eigenvalue weighted by molar-refractivity contribution is 7.90. The predicted octanol–water partition coefficient (Wildman–Crippen LogP) is 1.27. The normalized spacial score (nSPS) is 13.3. The smallest absolute Gasteiger partial charge is 0.175 e. The van der Waals surface area contributed by atoms with Gasteiger partial charge in [0.05, 0.1) is 11.0 Å². The zero-order chi connectivity index (χ0) is 15.7. The number of aliphatic hydroxyl groups is 2. The van der Waals surface area contributed by atoms with Gasteiger partial charge in [-0.05, 0) is 37.1 Å². The van der Waals surface area contributed by atoms with Gasteiger partial charge in [-0.15, -0.1) is 0 Å². The molecule has 0 heterocycles. The average Bonchev–Trinajstić information content (AvgIpc) is 2.45. The lowest BCUT2D eigenvalue weighted by molar-refractivity contribution is 0.174. The second-order valence-electron chi connectivity index (χ2n) is 5.20. The van der Waals surface area contributed by atoms with Gasteiger partial charge in [-0.3, -0.25) is 0 Å². The lowest BCUT2D eigenvalue weighted by Crippen LogP contribution is -2.22. The topological polar surface area (TPSA) is 86.6 Å². The molecule has 0 fully saturated rings. The first-order chi connectivity index (χ1) is 9.95. The molecule has 0 spiro atoms. The van der Waals surface area contributed by atoms with E-state index < -0.39 is 15.9 Å². The molecule has 0 saturated heterocycles. The first-order valence-electron chi connectivity index (χ1n) is 7.25. The molecule has 21 heavy (non-hydrogen) atoms. The maximum Gasteiger partial charge on any atom is 0.175 e. The molecular weight excluding hydrogens is 290 g/mol. The molecule has 1 aromatic rings. The third-order valence-electron chi connectivity index (χ3n) is 3.29. The Kier molecular flexibility index (Phi) is 7.88. The van der Waals surface area contributed by atoms with Crippen LogP contribution in [0.2, 0.25) is 0 Å². The fourth-order valence-electron chi connectivity index (χ4n) is 2.01. The average molecular weight is 315 g/mol. The number of aliphatic hydroxyl groups excluding tert-OH is 2. The van der Waals surface area contributed by atoms with Gasteiger partial charge >= 0.3 is 0 Å². The molecule has 0 aliphatic carbocycles.